The second-order valence-electron chi connectivity index (χ2n) is 15.3. The number of ether oxygens (including phenoxy) is 2. The number of rotatable bonds is 37. The van der Waals surface area contributed by atoms with Gasteiger partial charge in [-0.2, -0.15) is 0 Å². The van der Waals surface area contributed by atoms with E-state index in [2.05, 4.69) is 50.3 Å². The Morgan fingerprint density at radius 3 is 1.69 bits per heavy atom. The Bertz CT molecular complexity index is 1440. The molecule has 2 rings (SSSR count). The van der Waals surface area contributed by atoms with Gasteiger partial charge in [-0.05, 0) is 57.1 Å². The zero-order valence-electron chi connectivity index (χ0n) is 36.2. The van der Waals surface area contributed by atoms with E-state index < -0.39 is 50.9 Å². The third kappa shape index (κ3) is 25.1. The monoisotopic (exact) mass is 844 g/mol. The molecule has 0 aromatic heterocycles. The maximum atomic E-state index is 12.8. The number of amides is 2. The van der Waals surface area contributed by atoms with Gasteiger partial charge in [-0.3, -0.25) is 33.1 Å². The van der Waals surface area contributed by atoms with Crippen molar-refractivity contribution in [2.24, 2.45) is 0 Å². The van der Waals surface area contributed by atoms with E-state index in [0.29, 0.717) is 12.8 Å². The van der Waals surface area contributed by atoms with E-state index in [1.165, 1.54) is 57.8 Å². The summed E-state index contributed by atoms with van der Waals surface area (Å²) in [4.78, 5) is 61.9. The van der Waals surface area contributed by atoms with Crippen LogP contribution < -0.4 is 0 Å². The van der Waals surface area contributed by atoms with Gasteiger partial charge in [-0.25, -0.2) is 4.57 Å². The van der Waals surface area contributed by atoms with Gasteiger partial charge in [0.05, 0.1) is 30.9 Å². The number of allylic oxidation sites excluding steroid dienone is 6. The molecular formula is C47H74NO10P. The number of carbonyl (C=O) groups is 4. The molecule has 2 amide bonds. The lowest BCUT2D eigenvalue weighted by molar-refractivity contribution is -0.161. The first-order valence-electron chi connectivity index (χ1n) is 22.6. The fourth-order valence-electron chi connectivity index (χ4n) is 6.70. The standard InChI is InChI=1S/C47H74NO10P/c1-3-5-7-9-11-13-15-17-18-20-22-24-26-28-30-36-45(50)58-41(39-55-44(49)35-29-27-25-23-21-19-16-14-12-10-8-6-4-2)40-57-59(53,54)56-38-37-48-46(51)42-33-31-32-34-43(42)47(48)52/h5,7,11,13,17-18,31-34,41H,3-4,6,8-10,12,14-16,19-30,35-40H2,1-2H3,(H,53,54)/b7-5-,13-11-,18-17-/t41-/m1/s1. The fraction of sp³-hybridized carbons (Fsp3) is 0.660. The van der Waals surface area contributed by atoms with Crippen LogP contribution in [0.1, 0.15) is 189 Å². The smallest absolute Gasteiger partial charge is 0.462 e. The first-order valence-corrected chi connectivity index (χ1v) is 24.0. The third-order valence-electron chi connectivity index (χ3n) is 10.1. The summed E-state index contributed by atoms with van der Waals surface area (Å²) >= 11 is 0. The third-order valence-corrected chi connectivity index (χ3v) is 11.1. The van der Waals surface area contributed by atoms with E-state index in [4.69, 9.17) is 18.5 Å². The van der Waals surface area contributed by atoms with Gasteiger partial charge < -0.3 is 14.4 Å². The van der Waals surface area contributed by atoms with Crippen molar-refractivity contribution in [3.05, 3.63) is 71.8 Å². The summed E-state index contributed by atoms with van der Waals surface area (Å²) in [6.45, 7) is 2.75. The van der Waals surface area contributed by atoms with E-state index >= 15 is 0 Å². The van der Waals surface area contributed by atoms with E-state index in [-0.39, 0.29) is 37.1 Å². The molecule has 0 aliphatic carbocycles. The molecular weight excluding hydrogens is 769 g/mol. The van der Waals surface area contributed by atoms with Crippen molar-refractivity contribution in [2.45, 2.75) is 174 Å². The van der Waals surface area contributed by atoms with Crippen LogP contribution in [-0.4, -0.2) is 66.0 Å². The van der Waals surface area contributed by atoms with Crippen molar-refractivity contribution in [1.29, 1.82) is 0 Å². The molecule has 1 aliphatic heterocycles. The van der Waals surface area contributed by atoms with Crippen LogP contribution in [-0.2, 0) is 32.7 Å². The van der Waals surface area contributed by atoms with Gasteiger partial charge >= 0.3 is 19.8 Å². The molecule has 2 atom stereocenters. The van der Waals surface area contributed by atoms with Crippen molar-refractivity contribution < 1.29 is 47.2 Å². The highest BCUT2D eigenvalue weighted by atomic mass is 31.2. The highest BCUT2D eigenvalue weighted by Gasteiger charge is 2.35. The minimum atomic E-state index is -4.70. The Morgan fingerprint density at radius 2 is 1.14 bits per heavy atom. The largest absolute Gasteiger partial charge is 0.472 e. The molecule has 0 saturated heterocycles. The second kappa shape index (κ2) is 33.4. The van der Waals surface area contributed by atoms with Gasteiger partial charge in [0.1, 0.15) is 6.61 Å². The lowest BCUT2D eigenvalue weighted by Gasteiger charge is -2.20. The Kier molecular flexibility index (Phi) is 29.3. The minimum absolute atomic E-state index is 0.149. The van der Waals surface area contributed by atoms with Gasteiger partial charge in [0, 0.05) is 12.8 Å². The molecule has 1 N–H and O–H groups in total. The number of phosphoric acid groups is 1. The van der Waals surface area contributed by atoms with E-state index in [1.54, 1.807) is 24.3 Å². The number of phosphoric ester groups is 1. The SMILES string of the molecule is CC/C=C\C/C=C\C/C=C\CCCCCCCC(=O)O[C@H](COC(=O)CCCCCCCCCCCCCCC)COP(=O)(O)OCCN1C(=O)c2ccccc2C1=O. The Hall–Kier alpha value is -3.37. The van der Waals surface area contributed by atoms with Crippen LogP contribution in [0.25, 0.3) is 0 Å². The normalized spacial score (nSPS) is 14.5. The van der Waals surface area contributed by atoms with Crippen LogP contribution in [0.3, 0.4) is 0 Å². The zero-order valence-corrected chi connectivity index (χ0v) is 37.1. The number of hydrogen-bond donors (Lipinski definition) is 1. The van der Waals surface area contributed by atoms with E-state index in [1.807, 2.05) is 0 Å². The van der Waals surface area contributed by atoms with Crippen molar-refractivity contribution in [2.75, 3.05) is 26.4 Å². The molecule has 11 nitrogen and oxygen atoms in total. The molecule has 12 heteroatoms. The number of imide groups is 1. The molecule has 0 spiro atoms. The minimum Gasteiger partial charge on any atom is -0.462 e. The maximum absolute atomic E-state index is 12.8. The Labute approximate surface area is 355 Å². The Balaban J connectivity index is 1.71. The summed E-state index contributed by atoms with van der Waals surface area (Å²) in [5.74, 6) is -1.99. The molecule has 1 aliphatic rings. The predicted molar refractivity (Wildman–Crippen MR) is 234 cm³/mol. The van der Waals surface area contributed by atoms with Gasteiger partial charge in [-0.15, -0.1) is 0 Å². The molecule has 0 bridgehead atoms. The summed E-state index contributed by atoms with van der Waals surface area (Å²) in [7, 11) is -4.70. The summed E-state index contributed by atoms with van der Waals surface area (Å²) in [6.07, 6.45) is 36.5. The predicted octanol–water partition coefficient (Wildman–Crippen LogP) is 11.9. The Morgan fingerprint density at radius 1 is 0.644 bits per heavy atom. The number of fused-ring (bicyclic) bond motifs is 1. The number of esters is 2. The molecule has 0 radical (unpaired) electrons. The van der Waals surface area contributed by atoms with Gasteiger partial charge in [0.15, 0.2) is 6.10 Å². The van der Waals surface area contributed by atoms with Crippen LogP contribution in [0.15, 0.2) is 60.7 Å². The number of benzene rings is 1. The average molecular weight is 844 g/mol. The lowest BCUT2D eigenvalue weighted by Crippen LogP contribution is -2.33. The van der Waals surface area contributed by atoms with Gasteiger partial charge in [0.2, 0.25) is 0 Å². The zero-order chi connectivity index (χ0) is 42.8. The topological polar surface area (TPSA) is 146 Å². The van der Waals surface area contributed by atoms with Gasteiger partial charge in [-0.1, -0.05) is 159 Å². The number of carbonyl (C=O) groups excluding carboxylic acids is 4. The number of unbranched alkanes of at least 4 members (excludes halogenated alkanes) is 17. The molecule has 1 heterocycles. The van der Waals surface area contributed by atoms with Crippen LogP contribution in [0.4, 0.5) is 0 Å². The lowest BCUT2D eigenvalue weighted by atomic mass is 10.0. The molecule has 59 heavy (non-hydrogen) atoms. The fourth-order valence-corrected chi connectivity index (χ4v) is 7.44. The molecule has 332 valence electrons. The van der Waals surface area contributed by atoms with Crippen molar-refractivity contribution in [3.8, 4) is 0 Å². The van der Waals surface area contributed by atoms with Crippen molar-refractivity contribution in [3.63, 3.8) is 0 Å². The van der Waals surface area contributed by atoms with Crippen LogP contribution >= 0.6 is 7.82 Å². The highest BCUT2D eigenvalue weighted by Crippen LogP contribution is 2.43. The van der Waals surface area contributed by atoms with Crippen LogP contribution in [0, 0.1) is 0 Å². The van der Waals surface area contributed by atoms with E-state index in [9.17, 15) is 28.6 Å². The molecule has 0 saturated carbocycles. The quantitative estimate of drug-likeness (QED) is 0.0226. The van der Waals surface area contributed by atoms with Crippen molar-refractivity contribution >= 4 is 31.6 Å². The van der Waals surface area contributed by atoms with Gasteiger partial charge in [0.25, 0.3) is 11.8 Å². The number of nitrogens with zero attached hydrogens (tertiary/aromatic N) is 1. The summed E-state index contributed by atoms with van der Waals surface area (Å²) in [6, 6.07) is 6.38. The van der Waals surface area contributed by atoms with Crippen LogP contribution in [0.5, 0.6) is 0 Å². The second-order valence-corrected chi connectivity index (χ2v) is 16.7. The average Bonchev–Trinajstić information content (AvgIpc) is 3.46. The summed E-state index contributed by atoms with van der Waals surface area (Å²) in [5.41, 5.74) is 0.514. The first kappa shape index (κ1) is 51.8. The van der Waals surface area contributed by atoms with E-state index in [0.717, 1.165) is 75.5 Å². The van der Waals surface area contributed by atoms with Crippen molar-refractivity contribution in [1.82, 2.24) is 4.90 Å². The first-order chi connectivity index (χ1) is 28.7. The van der Waals surface area contributed by atoms with Crippen LogP contribution in [0.2, 0.25) is 0 Å². The molecule has 1 unspecified atom stereocenters. The highest BCUT2D eigenvalue weighted by molar-refractivity contribution is 7.47. The summed E-state index contributed by atoms with van der Waals surface area (Å²) in [5, 5.41) is 0. The number of hydrogen-bond acceptors (Lipinski definition) is 9. The summed E-state index contributed by atoms with van der Waals surface area (Å²) < 4.78 is 33.9. The molecule has 0 fully saturated rings. The molecule has 1 aromatic carbocycles. The molecule has 1 aromatic rings. The maximum Gasteiger partial charge on any atom is 0.472 e.